The van der Waals surface area contributed by atoms with Crippen LogP contribution in [0.2, 0.25) is 0 Å². The van der Waals surface area contributed by atoms with Crippen LogP contribution in [0.25, 0.3) is 11.8 Å². The predicted octanol–water partition coefficient (Wildman–Crippen LogP) is 5.50. The Morgan fingerprint density at radius 2 is 1.92 bits per heavy atom. The van der Waals surface area contributed by atoms with E-state index in [2.05, 4.69) is 26.6 Å². The van der Waals surface area contributed by atoms with Gasteiger partial charge in [0, 0.05) is 35.4 Å². The third-order valence-electron chi connectivity index (χ3n) is 4.07. The first-order valence-electron chi connectivity index (χ1n) is 8.04. The summed E-state index contributed by atoms with van der Waals surface area (Å²) in [7, 11) is 0. The van der Waals surface area contributed by atoms with Gasteiger partial charge in [-0.3, -0.25) is 0 Å². The molecular formula is C19H18BrF3N2. The van der Waals surface area contributed by atoms with Gasteiger partial charge in [0.1, 0.15) is 0 Å². The molecule has 0 radical (unpaired) electrons. The summed E-state index contributed by atoms with van der Waals surface area (Å²) in [5.41, 5.74) is 3.09. The van der Waals surface area contributed by atoms with Crippen molar-refractivity contribution in [3.8, 4) is 0 Å². The van der Waals surface area contributed by atoms with Crippen LogP contribution in [0, 0.1) is 0 Å². The molecule has 1 aliphatic rings. The number of benzene rings is 2. The van der Waals surface area contributed by atoms with E-state index in [0.717, 1.165) is 41.2 Å². The highest BCUT2D eigenvalue weighted by Gasteiger charge is 2.34. The summed E-state index contributed by atoms with van der Waals surface area (Å²) < 4.78 is 39.7. The first kappa shape index (κ1) is 17.9. The number of halogens is 4. The largest absolute Gasteiger partial charge is 0.417 e. The molecule has 0 saturated carbocycles. The lowest BCUT2D eigenvalue weighted by Crippen LogP contribution is -2.20. The number of hydrogen-bond donors (Lipinski definition) is 2. The normalized spacial score (nSPS) is 13.7. The number of anilines is 1. The molecule has 2 aromatic carbocycles. The molecule has 0 saturated heterocycles. The third-order valence-corrected chi connectivity index (χ3v) is 4.64. The Morgan fingerprint density at radius 3 is 2.68 bits per heavy atom. The highest BCUT2D eigenvalue weighted by Crippen LogP contribution is 2.36. The third kappa shape index (κ3) is 4.18. The Balaban J connectivity index is 1.89. The zero-order valence-corrected chi connectivity index (χ0v) is 15.0. The lowest BCUT2D eigenvalue weighted by atomic mass is 9.96. The van der Waals surface area contributed by atoms with Crippen molar-refractivity contribution in [2.45, 2.75) is 19.1 Å². The number of alkyl halides is 4. The molecule has 6 heteroatoms. The highest BCUT2D eigenvalue weighted by atomic mass is 79.9. The molecule has 0 bridgehead atoms. The molecule has 0 aliphatic carbocycles. The van der Waals surface area contributed by atoms with E-state index >= 15 is 0 Å². The molecule has 25 heavy (non-hydrogen) atoms. The van der Waals surface area contributed by atoms with Crippen molar-refractivity contribution in [2.75, 3.05) is 17.2 Å². The lowest BCUT2D eigenvalue weighted by molar-refractivity contribution is -0.137. The molecule has 2 aromatic rings. The monoisotopic (exact) mass is 410 g/mol. The number of nitrogens with one attached hydrogen (secondary N) is 2. The SMILES string of the molecule is FC(F)(F)c1ccccc1C1=Cc2ccc(NCCCBr)cc2CN1. The fraction of sp³-hybridized carbons (Fsp3) is 0.263. The van der Waals surface area contributed by atoms with E-state index < -0.39 is 11.7 Å². The Kier molecular flexibility index (Phi) is 5.37. The van der Waals surface area contributed by atoms with Crippen LogP contribution in [-0.4, -0.2) is 11.9 Å². The molecule has 0 unspecified atom stereocenters. The molecule has 2 N–H and O–H groups in total. The summed E-state index contributed by atoms with van der Waals surface area (Å²) in [6.45, 7) is 1.37. The second kappa shape index (κ2) is 7.52. The van der Waals surface area contributed by atoms with Gasteiger partial charge < -0.3 is 10.6 Å². The van der Waals surface area contributed by atoms with E-state index in [-0.39, 0.29) is 5.56 Å². The Morgan fingerprint density at radius 1 is 1.12 bits per heavy atom. The summed E-state index contributed by atoms with van der Waals surface area (Å²) in [6.07, 6.45) is -1.57. The van der Waals surface area contributed by atoms with E-state index in [0.29, 0.717) is 12.2 Å². The van der Waals surface area contributed by atoms with Gasteiger partial charge in [0.25, 0.3) is 0 Å². The molecule has 3 rings (SSSR count). The first-order valence-corrected chi connectivity index (χ1v) is 9.16. The van der Waals surface area contributed by atoms with Crippen LogP contribution in [-0.2, 0) is 12.7 Å². The first-order chi connectivity index (χ1) is 12.0. The van der Waals surface area contributed by atoms with Crippen LogP contribution < -0.4 is 10.6 Å². The molecule has 1 aliphatic heterocycles. The van der Waals surface area contributed by atoms with Gasteiger partial charge in [-0.05, 0) is 41.8 Å². The Bertz CT molecular complexity index is 784. The van der Waals surface area contributed by atoms with Crippen LogP contribution in [0.5, 0.6) is 0 Å². The number of hydrogen-bond acceptors (Lipinski definition) is 2. The molecule has 1 heterocycles. The van der Waals surface area contributed by atoms with Crippen molar-refractivity contribution in [1.29, 1.82) is 0 Å². The number of rotatable bonds is 5. The summed E-state index contributed by atoms with van der Waals surface area (Å²) in [5.74, 6) is 0. The van der Waals surface area contributed by atoms with E-state index in [4.69, 9.17) is 0 Å². The van der Waals surface area contributed by atoms with Crippen molar-refractivity contribution in [3.05, 3.63) is 64.7 Å². The maximum atomic E-state index is 13.2. The van der Waals surface area contributed by atoms with Gasteiger partial charge in [-0.1, -0.05) is 40.2 Å². The van der Waals surface area contributed by atoms with Gasteiger partial charge in [0.15, 0.2) is 0 Å². The van der Waals surface area contributed by atoms with Crippen molar-refractivity contribution in [2.24, 2.45) is 0 Å². The van der Waals surface area contributed by atoms with Gasteiger partial charge in [0.2, 0.25) is 0 Å². The summed E-state index contributed by atoms with van der Waals surface area (Å²) >= 11 is 3.39. The highest BCUT2D eigenvalue weighted by molar-refractivity contribution is 9.09. The number of fused-ring (bicyclic) bond motifs is 1. The van der Waals surface area contributed by atoms with E-state index in [9.17, 15) is 13.2 Å². The van der Waals surface area contributed by atoms with E-state index in [1.54, 1.807) is 12.1 Å². The predicted molar refractivity (Wildman–Crippen MR) is 99.5 cm³/mol. The molecular weight excluding hydrogens is 393 g/mol. The standard InChI is InChI=1S/C19H18BrF3N2/c20-8-3-9-24-15-7-6-13-11-18(25-12-14(13)10-15)16-4-1-2-5-17(16)19(21,22)23/h1-2,4-7,10-11,24-25H,3,8-9,12H2. The molecule has 0 spiro atoms. The average Bonchev–Trinajstić information content (AvgIpc) is 2.61. The van der Waals surface area contributed by atoms with E-state index in [1.807, 2.05) is 18.2 Å². The van der Waals surface area contributed by atoms with Gasteiger partial charge >= 0.3 is 6.18 Å². The van der Waals surface area contributed by atoms with Gasteiger partial charge in [-0.15, -0.1) is 0 Å². The minimum Gasteiger partial charge on any atom is -0.385 e. The second-order valence-corrected chi connectivity index (χ2v) is 6.63. The average molecular weight is 411 g/mol. The quantitative estimate of drug-likeness (QED) is 0.501. The fourth-order valence-corrected chi connectivity index (χ4v) is 3.12. The van der Waals surface area contributed by atoms with Crippen molar-refractivity contribution in [1.82, 2.24) is 5.32 Å². The van der Waals surface area contributed by atoms with Crippen LogP contribution >= 0.6 is 15.9 Å². The molecule has 0 atom stereocenters. The van der Waals surface area contributed by atoms with E-state index in [1.165, 1.54) is 12.1 Å². The maximum Gasteiger partial charge on any atom is 0.417 e. The van der Waals surface area contributed by atoms with Gasteiger partial charge in [-0.25, -0.2) is 0 Å². The van der Waals surface area contributed by atoms with Crippen LogP contribution in [0.4, 0.5) is 18.9 Å². The molecule has 132 valence electrons. The second-order valence-electron chi connectivity index (χ2n) is 5.84. The summed E-state index contributed by atoms with van der Waals surface area (Å²) in [4.78, 5) is 0. The summed E-state index contributed by atoms with van der Waals surface area (Å²) in [6, 6.07) is 11.6. The Hall–Kier alpha value is -1.95. The maximum absolute atomic E-state index is 13.2. The summed E-state index contributed by atoms with van der Waals surface area (Å²) in [5, 5.41) is 7.41. The molecule has 2 nitrogen and oxygen atoms in total. The van der Waals surface area contributed by atoms with Gasteiger partial charge in [0.05, 0.1) is 5.56 Å². The minimum absolute atomic E-state index is 0.181. The van der Waals surface area contributed by atoms with Crippen LogP contribution in [0.1, 0.15) is 28.7 Å². The molecule has 0 aromatic heterocycles. The molecule has 0 fully saturated rings. The Labute approximate surface area is 153 Å². The van der Waals surface area contributed by atoms with Crippen molar-refractivity contribution >= 4 is 33.4 Å². The van der Waals surface area contributed by atoms with Crippen LogP contribution in [0.15, 0.2) is 42.5 Å². The van der Waals surface area contributed by atoms with Crippen molar-refractivity contribution in [3.63, 3.8) is 0 Å². The zero-order valence-electron chi connectivity index (χ0n) is 13.5. The minimum atomic E-state index is -4.37. The lowest BCUT2D eigenvalue weighted by Gasteiger charge is -2.22. The topological polar surface area (TPSA) is 24.1 Å². The van der Waals surface area contributed by atoms with Crippen LogP contribution in [0.3, 0.4) is 0 Å². The molecule has 0 amide bonds. The fourth-order valence-electron chi connectivity index (χ4n) is 2.84. The van der Waals surface area contributed by atoms with Crippen molar-refractivity contribution < 1.29 is 13.2 Å². The van der Waals surface area contributed by atoms with Gasteiger partial charge in [-0.2, -0.15) is 13.2 Å². The smallest absolute Gasteiger partial charge is 0.385 e. The zero-order chi connectivity index (χ0) is 17.9.